The number of nitrogens with one attached hydrogen (secondary N) is 2. The maximum absolute atomic E-state index is 10.8. The Hall–Kier alpha value is -0.620. The van der Waals surface area contributed by atoms with E-state index in [9.17, 15) is 16.8 Å². The molecule has 0 saturated heterocycles. The molecule has 0 saturated carbocycles. The molecule has 0 bridgehead atoms. The summed E-state index contributed by atoms with van der Waals surface area (Å²) in [6.07, 6.45) is 7.46. The van der Waals surface area contributed by atoms with Crippen molar-refractivity contribution in [2.75, 3.05) is 25.6 Å². The average Bonchev–Trinajstić information content (AvgIpc) is 2.07. The van der Waals surface area contributed by atoms with Crippen LogP contribution in [0.2, 0.25) is 0 Å². The molecule has 0 aliphatic carbocycles. The molecule has 0 amide bonds. The molecule has 0 aromatic rings. The molecular weight excluding hydrogens is 252 g/mol. The van der Waals surface area contributed by atoms with Crippen LogP contribution >= 0.6 is 0 Å². The lowest BCUT2D eigenvalue weighted by Gasteiger charge is -2.14. The third-order valence-electron chi connectivity index (χ3n) is 1.67. The van der Waals surface area contributed by atoms with Gasteiger partial charge in [0.15, 0.2) is 0 Å². The molecule has 0 atom stereocenters. The smallest absolute Gasteiger partial charge is 0.208 e. The summed E-state index contributed by atoms with van der Waals surface area (Å²) in [7, 11) is -6.57. The summed E-state index contributed by atoms with van der Waals surface area (Å²) in [6, 6.07) is 0. The second-order valence-corrected chi connectivity index (χ2v) is 7.18. The van der Waals surface area contributed by atoms with E-state index in [4.69, 9.17) is 6.42 Å². The Kier molecular flexibility index (Phi) is 5.96. The van der Waals surface area contributed by atoms with Crippen molar-refractivity contribution in [2.24, 2.45) is 5.92 Å². The lowest BCUT2D eigenvalue weighted by Crippen LogP contribution is -2.35. The van der Waals surface area contributed by atoms with Crippen molar-refractivity contribution in [3.63, 3.8) is 0 Å². The summed E-state index contributed by atoms with van der Waals surface area (Å²) in [5.74, 6) is 2.12. The molecule has 0 heterocycles. The van der Waals surface area contributed by atoms with Gasteiger partial charge in [0.1, 0.15) is 0 Å². The summed E-state index contributed by atoms with van der Waals surface area (Å²) < 4.78 is 47.9. The number of hydrogen-bond acceptors (Lipinski definition) is 4. The SMILES string of the molecule is C#CCC(CNS(C)(=O)=O)CNS(C)(=O)=O. The first kappa shape index (κ1) is 15.4. The predicted octanol–water partition coefficient (Wildman–Crippen LogP) is -1.28. The van der Waals surface area contributed by atoms with Gasteiger partial charge in [-0.05, 0) is 5.92 Å². The van der Waals surface area contributed by atoms with Crippen LogP contribution in [0, 0.1) is 18.3 Å². The average molecular weight is 268 g/mol. The van der Waals surface area contributed by atoms with Crippen molar-refractivity contribution >= 4 is 20.0 Å². The Morgan fingerprint density at radius 1 is 1.06 bits per heavy atom. The number of hydrogen-bond donors (Lipinski definition) is 2. The van der Waals surface area contributed by atoms with Gasteiger partial charge in [0.05, 0.1) is 12.5 Å². The Labute approximate surface area is 96.9 Å². The molecule has 0 aliphatic heterocycles. The van der Waals surface area contributed by atoms with E-state index in [2.05, 4.69) is 15.4 Å². The minimum absolute atomic E-state index is 0.117. The van der Waals surface area contributed by atoms with Gasteiger partial charge in [-0.1, -0.05) is 0 Å². The lowest BCUT2D eigenvalue weighted by atomic mass is 10.1. The van der Waals surface area contributed by atoms with E-state index in [-0.39, 0.29) is 19.0 Å². The van der Waals surface area contributed by atoms with E-state index < -0.39 is 20.0 Å². The van der Waals surface area contributed by atoms with Crippen LogP contribution < -0.4 is 9.44 Å². The summed E-state index contributed by atoms with van der Waals surface area (Å²) in [6.45, 7) is 0.233. The molecule has 0 unspecified atom stereocenters. The zero-order valence-electron chi connectivity index (χ0n) is 9.23. The Bertz CT molecular complexity index is 411. The third-order valence-corrected chi connectivity index (χ3v) is 3.06. The second kappa shape index (κ2) is 6.20. The topological polar surface area (TPSA) is 92.3 Å². The van der Waals surface area contributed by atoms with Crippen molar-refractivity contribution in [3.8, 4) is 12.3 Å². The molecule has 0 aliphatic rings. The van der Waals surface area contributed by atoms with Gasteiger partial charge in [0, 0.05) is 19.5 Å². The first-order valence-electron chi connectivity index (χ1n) is 4.47. The molecule has 0 radical (unpaired) electrons. The quantitative estimate of drug-likeness (QED) is 0.563. The van der Waals surface area contributed by atoms with Crippen LogP contribution in [0.3, 0.4) is 0 Å². The first-order chi connectivity index (χ1) is 7.14. The van der Waals surface area contributed by atoms with Crippen molar-refractivity contribution in [2.45, 2.75) is 6.42 Å². The molecule has 8 heteroatoms. The molecule has 0 rings (SSSR count). The normalized spacial score (nSPS) is 12.6. The van der Waals surface area contributed by atoms with Crippen LogP contribution in [0.15, 0.2) is 0 Å². The van der Waals surface area contributed by atoms with E-state index in [0.717, 1.165) is 12.5 Å². The summed E-state index contributed by atoms with van der Waals surface area (Å²) >= 11 is 0. The Morgan fingerprint density at radius 2 is 1.44 bits per heavy atom. The Balaban J connectivity index is 4.25. The first-order valence-corrected chi connectivity index (χ1v) is 8.25. The minimum atomic E-state index is -3.29. The Morgan fingerprint density at radius 3 is 1.69 bits per heavy atom. The number of terminal acetylenes is 1. The fourth-order valence-corrected chi connectivity index (χ4v) is 2.00. The largest absolute Gasteiger partial charge is 0.215 e. The molecule has 16 heavy (non-hydrogen) atoms. The third kappa shape index (κ3) is 9.92. The van der Waals surface area contributed by atoms with Crippen LogP contribution in [0.1, 0.15) is 6.42 Å². The predicted molar refractivity (Wildman–Crippen MR) is 62.6 cm³/mol. The summed E-state index contributed by atoms with van der Waals surface area (Å²) in [4.78, 5) is 0. The molecule has 2 N–H and O–H groups in total. The van der Waals surface area contributed by atoms with Crippen LogP contribution in [0.25, 0.3) is 0 Å². The van der Waals surface area contributed by atoms with Crippen molar-refractivity contribution < 1.29 is 16.8 Å². The van der Waals surface area contributed by atoms with E-state index >= 15 is 0 Å². The van der Waals surface area contributed by atoms with Crippen LogP contribution in [0.4, 0.5) is 0 Å². The van der Waals surface area contributed by atoms with Gasteiger partial charge in [-0.2, -0.15) is 0 Å². The molecule has 6 nitrogen and oxygen atoms in total. The minimum Gasteiger partial charge on any atom is -0.215 e. The van der Waals surface area contributed by atoms with Crippen molar-refractivity contribution in [1.82, 2.24) is 9.44 Å². The molecule has 0 aromatic carbocycles. The van der Waals surface area contributed by atoms with Crippen LogP contribution in [0.5, 0.6) is 0 Å². The standard InChI is InChI=1S/C8H16N2O4S2/c1-4-5-8(6-9-15(2,11)12)7-10-16(3,13)14/h1,8-10H,5-7H2,2-3H3. The summed E-state index contributed by atoms with van der Waals surface area (Å²) in [5, 5.41) is 0. The van der Waals surface area contributed by atoms with Crippen LogP contribution in [-0.2, 0) is 20.0 Å². The summed E-state index contributed by atoms with van der Waals surface area (Å²) in [5.41, 5.74) is 0. The zero-order valence-corrected chi connectivity index (χ0v) is 10.9. The monoisotopic (exact) mass is 268 g/mol. The second-order valence-electron chi connectivity index (χ2n) is 3.52. The van der Waals surface area contributed by atoms with E-state index in [0.29, 0.717) is 6.42 Å². The maximum Gasteiger partial charge on any atom is 0.208 e. The highest BCUT2D eigenvalue weighted by molar-refractivity contribution is 7.89. The maximum atomic E-state index is 10.8. The lowest BCUT2D eigenvalue weighted by molar-refractivity contribution is 0.503. The van der Waals surface area contributed by atoms with Gasteiger partial charge >= 0.3 is 0 Å². The molecule has 0 aromatic heterocycles. The van der Waals surface area contributed by atoms with Gasteiger partial charge < -0.3 is 0 Å². The highest BCUT2D eigenvalue weighted by Gasteiger charge is 2.12. The van der Waals surface area contributed by atoms with E-state index in [1.54, 1.807) is 0 Å². The molecule has 94 valence electrons. The zero-order chi connectivity index (χ0) is 12.8. The molecule has 0 spiro atoms. The highest BCUT2D eigenvalue weighted by Crippen LogP contribution is 2.00. The van der Waals surface area contributed by atoms with Gasteiger partial charge in [0.25, 0.3) is 0 Å². The van der Waals surface area contributed by atoms with E-state index in [1.165, 1.54) is 0 Å². The van der Waals surface area contributed by atoms with Gasteiger partial charge in [-0.3, -0.25) is 0 Å². The van der Waals surface area contributed by atoms with Crippen LogP contribution in [-0.4, -0.2) is 42.4 Å². The van der Waals surface area contributed by atoms with Gasteiger partial charge in [-0.25, -0.2) is 26.3 Å². The number of rotatable bonds is 7. The highest BCUT2D eigenvalue weighted by atomic mass is 32.2. The number of sulfonamides is 2. The van der Waals surface area contributed by atoms with Crippen molar-refractivity contribution in [1.29, 1.82) is 0 Å². The molecular formula is C8H16N2O4S2. The molecule has 0 fully saturated rings. The fraction of sp³-hybridized carbons (Fsp3) is 0.750. The van der Waals surface area contributed by atoms with Gasteiger partial charge in [0.2, 0.25) is 20.0 Å². The fourth-order valence-electron chi connectivity index (χ4n) is 0.922. The van der Waals surface area contributed by atoms with Crippen molar-refractivity contribution in [3.05, 3.63) is 0 Å². The van der Waals surface area contributed by atoms with Gasteiger partial charge in [-0.15, -0.1) is 12.3 Å². The van der Waals surface area contributed by atoms with E-state index in [1.807, 2.05) is 0 Å².